The molecule has 0 saturated carbocycles. The van der Waals surface area contributed by atoms with Gasteiger partial charge >= 0.3 is 0 Å². The van der Waals surface area contributed by atoms with Crippen molar-refractivity contribution in [3.63, 3.8) is 0 Å². The normalized spacial score (nSPS) is 11.2. The molecule has 1 heterocycles. The number of nitrogens with zero attached hydrogens (tertiary/aromatic N) is 2. The first-order chi connectivity index (χ1) is 10.3. The van der Waals surface area contributed by atoms with Crippen LogP contribution < -0.4 is 16.2 Å². The van der Waals surface area contributed by atoms with Gasteiger partial charge in [0.25, 0.3) is 5.91 Å². The molecule has 22 heavy (non-hydrogen) atoms. The highest BCUT2D eigenvalue weighted by molar-refractivity contribution is 7.92. The number of sulfonamides is 1. The number of nitrogens with two attached hydrogens (primary N) is 2. The molecule has 0 aliphatic heterocycles. The number of carbonyl (C=O) groups excluding carboxylic acids is 1. The van der Waals surface area contributed by atoms with Crippen LogP contribution in [0.25, 0.3) is 11.3 Å². The zero-order chi connectivity index (χ0) is 16.3. The number of hydrogen-bond acceptors (Lipinski definition) is 6. The van der Waals surface area contributed by atoms with E-state index in [1.807, 2.05) is 0 Å². The van der Waals surface area contributed by atoms with Crippen molar-refractivity contribution < 1.29 is 13.2 Å². The quantitative estimate of drug-likeness (QED) is 0.711. The molecule has 0 unspecified atom stereocenters. The number of benzene rings is 1. The zero-order valence-electron chi connectivity index (χ0n) is 11.8. The Kier molecular flexibility index (Phi) is 4.38. The summed E-state index contributed by atoms with van der Waals surface area (Å²) < 4.78 is 24.9. The molecule has 1 aromatic heterocycles. The summed E-state index contributed by atoms with van der Waals surface area (Å²) in [5, 5.41) is 0. The Morgan fingerprint density at radius 1 is 1.36 bits per heavy atom. The number of amides is 1. The Balaban J connectivity index is 2.46. The lowest BCUT2D eigenvalue weighted by Crippen LogP contribution is -2.19. The van der Waals surface area contributed by atoms with Gasteiger partial charge < -0.3 is 11.5 Å². The lowest BCUT2D eigenvalue weighted by molar-refractivity contribution is 0.0994. The van der Waals surface area contributed by atoms with Gasteiger partial charge in [-0.1, -0.05) is 12.1 Å². The summed E-state index contributed by atoms with van der Waals surface area (Å²) in [6.07, 6.45) is 2.51. The molecule has 2 rings (SSSR count). The van der Waals surface area contributed by atoms with E-state index in [-0.39, 0.29) is 12.2 Å². The smallest absolute Gasteiger partial charge is 0.269 e. The Morgan fingerprint density at radius 2 is 2.09 bits per heavy atom. The maximum atomic E-state index is 11.4. The van der Waals surface area contributed by atoms with Gasteiger partial charge in [0.2, 0.25) is 10.0 Å². The van der Waals surface area contributed by atoms with Gasteiger partial charge in [-0.2, -0.15) is 0 Å². The van der Waals surface area contributed by atoms with Crippen LogP contribution in [0.2, 0.25) is 0 Å². The van der Waals surface area contributed by atoms with Crippen molar-refractivity contribution in [3.8, 4) is 11.3 Å². The highest BCUT2D eigenvalue weighted by atomic mass is 32.2. The van der Waals surface area contributed by atoms with E-state index in [1.165, 1.54) is 6.20 Å². The van der Waals surface area contributed by atoms with Crippen molar-refractivity contribution in [2.45, 2.75) is 6.54 Å². The van der Waals surface area contributed by atoms with Crippen LogP contribution in [0.15, 0.2) is 30.5 Å². The number of hydrogen-bond donors (Lipinski definition) is 3. The Bertz CT molecular complexity index is 820. The van der Waals surface area contributed by atoms with Gasteiger partial charge in [0.15, 0.2) is 5.69 Å². The second kappa shape index (κ2) is 6.08. The summed E-state index contributed by atoms with van der Waals surface area (Å²) in [6, 6.07) is 6.55. The fourth-order valence-electron chi connectivity index (χ4n) is 1.86. The minimum atomic E-state index is -3.39. The first kappa shape index (κ1) is 15.9. The third kappa shape index (κ3) is 3.77. The van der Waals surface area contributed by atoms with Gasteiger partial charge in [-0.15, -0.1) is 0 Å². The molecule has 0 radical (unpaired) electrons. The highest BCUT2D eigenvalue weighted by Gasteiger charge is 2.13. The molecule has 0 aliphatic rings. The number of rotatable bonds is 5. The molecule has 0 saturated heterocycles. The predicted molar refractivity (Wildman–Crippen MR) is 82.3 cm³/mol. The molecule has 0 spiro atoms. The third-order valence-corrected chi connectivity index (χ3v) is 3.34. The molecule has 0 aliphatic carbocycles. The number of nitrogens with one attached hydrogen (secondary N) is 1. The van der Waals surface area contributed by atoms with Gasteiger partial charge in [0.05, 0.1) is 23.8 Å². The summed E-state index contributed by atoms with van der Waals surface area (Å²) in [5.41, 5.74) is 12.4. The molecular weight excluding hydrogens is 306 g/mol. The molecule has 0 fully saturated rings. The molecule has 1 aromatic carbocycles. The standard InChI is InChI=1S/C13H15N5O3S/c1-22(20,21)18-9-4-2-3-8(5-9)11-7-16-10(6-14)12(17-11)13(15)19/h2-5,7,18H,6,14H2,1H3,(H2,15,19). The van der Waals surface area contributed by atoms with Gasteiger partial charge in [0, 0.05) is 17.8 Å². The number of anilines is 1. The second-order valence-electron chi connectivity index (χ2n) is 4.57. The van der Waals surface area contributed by atoms with E-state index in [9.17, 15) is 13.2 Å². The fourth-order valence-corrected chi connectivity index (χ4v) is 2.41. The Hall–Kier alpha value is -2.52. The van der Waals surface area contributed by atoms with E-state index in [0.29, 0.717) is 22.6 Å². The first-order valence-electron chi connectivity index (χ1n) is 6.24. The average molecular weight is 321 g/mol. The maximum Gasteiger partial charge on any atom is 0.269 e. The van der Waals surface area contributed by atoms with E-state index in [2.05, 4.69) is 14.7 Å². The van der Waals surface area contributed by atoms with Gasteiger partial charge in [0.1, 0.15) is 0 Å². The second-order valence-corrected chi connectivity index (χ2v) is 6.32. The molecule has 5 N–H and O–H groups in total. The number of carbonyl (C=O) groups is 1. The van der Waals surface area contributed by atoms with Crippen molar-refractivity contribution in [2.24, 2.45) is 11.5 Å². The van der Waals surface area contributed by atoms with Crippen LogP contribution in [0.5, 0.6) is 0 Å². The summed E-state index contributed by atoms with van der Waals surface area (Å²) >= 11 is 0. The topological polar surface area (TPSA) is 141 Å². The van der Waals surface area contributed by atoms with Crippen LogP contribution in [0, 0.1) is 0 Å². The van der Waals surface area contributed by atoms with Crippen molar-refractivity contribution in [1.29, 1.82) is 0 Å². The molecule has 2 aromatic rings. The lowest BCUT2D eigenvalue weighted by atomic mass is 10.1. The van der Waals surface area contributed by atoms with Crippen LogP contribution in [0.1, 0.15) is 16.2 Å². The summed E-state index contributed by atoms with van der Waals surface area (Å²) in [5.74, 6) is -0.722. The van der Waals surface area contributed by atoms with E-state index in [1.54, 1.807) is 24.3 Å². The zero-order valence-corrected chi connectivity index (χ0v) is 12.6. The molecule has 0 atom stereocenters. The lowest BCUT2D eigenvalue weighted by Gasteiger charge is -2.08. The first-order valence-corrected chi connectivity index (χ1v) is 8.13. The van der Waals surface area contributed by atoms with E-state index in [4.69, 9.17) is 11.5 Å². The van der Waals surface area contributed by atoms with Gasteiger partial charge in [-0.05, 0) is 12.1 Å². The molecule has 1 amide bonds. The van der Waals surface area contributed by atoms with Crippen LogP contribution in [-0.2, 0) is 16.6 Å². The average Bonchev–Trinajstić information content (AvgIpc) is 2.45. The highest BCUT2D eigenvalue weighted by Crippen LogP contribution is 2.21. The molecule has 116 valence electrons. The van der Waals surface area contributed by atoms with Gasteiger partial charge in [-0.25, -0.2) is 13.4 Å². The van der Waals surface area contributed by atoms with E-state index >= 15 is 0 Å². The summed E-state index contributed by atoms with van der Waals surface area (Å²) in [7, 11) is -3.39. The summed E-state index contributed by atoms with van der Waals surface area (Å²) in [4.78, 5) is 19.6. The molecule has 9 heteroatoms. The van der Waals surface area contributed by atoms with Crippen LogP contribution in [0.4, 0.5) is 5.69 Å². The van der Waals surface area contributed by atoms with Crippen molar-refractivity contribution in [2.75, 3.05) is 11.0 Å². The molecular formula is C13H15N5O3S. The van der Waals surface area contributed by atoms with Crippen molar-refractivity contribution >= 4 is 21.6 Å². The minimum absolute atomic E-state index is 0.00137. The maximum absolute atomic E-state index is 11.4. The third-order valence-electron chi connectivity index (χ3n) is 2.74. The van der Waals surface area contributed by atoms with Crippen LogP contribution in [-0.4, -0.2) is 30.5 Å². The largest absolute Gasteiger partial charge is 0.364 e. The Morgan fingerprint density at radius 3 is 2.68 bits per heavy atom. The van der Waals surface area contributed by atoms with Crippen LogP contribution >= 0.6 is 0 Å². The Labute approximate surface area is 127 Å². The number of aromatic nitrogens is 2. The van der Waals surface area contributed by atoms with Crippen LogP contribution in [0.3, 0.4) is 0 Å². The SMILES string of the molecule is CS(=O)(=O)Nc1cccc(-c2cnc(CN)c(C(N)=O)n2)c1. The minimum Gasteiger partial charge on any atom is -0.364 e. The van der Waals surface area contributed by atoms with Crippen molar-refractivity contribution in [1.82, 2.24) is 9.97 Å². The molecule has 8 nitrogen and oxygen atoms in total. The van der Waals surface area contributed by atoms with E-state index in [0.717, 1.165) is 6.26 Å². The predicted octanol–water partition coefficient (Wildman–Crippen LogP) is 0.0727. The summed E-state index contributed by atoms with van der Waals surface area (Å²) in [6.45, 7) is 0.0429. The number of primary amides is 1. The molecule has 0 bridgehead atoms. The van der Waals surface area contributed by atoms with Crippen molar-refractivity contribution in [3.05, 3.63) is 41.9 Å². The van der Waals surface area contributed by atoms with E-state index < -0.39 is 15.9 Å². The fraction of sp³-hybridized carbons (Fsp3) is 0.154. The van der Waals surface area contributed by atoms with Gasteiger partial charge in [-0.3, -0.25) is 14.5 Å². The monoisotopic (exact) mass is 321 g/mol.